The van der Waals surface area contributed by atoms with E-state index in [4.69, 9.17) is 5.73 Å². The molecule has 2 heterocycles. The highest BCUT2D eigenvalue weighted by atomic mass is 16.2. The van der Waals surface area contributed by atoms with Gasteiger partial charge in [-0.05, 0) is 30.0 Å². The van der Waals surface area contributed by atoms with Crippen LogP contribution in [0.3, 0.4) is 0 Å². The van der Waals surface area contributed by atoms with Gasteiger partial charge in [0, 0.05) is 25.5 Å². The average Bonchev–Trinajstić information content (AvgIpc) is 3.19. The van der Waals surface area contributed by atoms with E-state index in [-0.39, 0.29) is 11.3 Å². The first kappa shape index (κ1) is 14.8. The molecule has 2 unspecified atom stereocenters. The Morgan fingerprint density at radius 2 is 2.14 bits per heavy atom. The van der Waals surface area contributed by atoms with Crippen molar-refractivity contribution in [3.8, 4) is 0 Å². The van der Waals surface area contributed by atoms with Crippen molar-refractivity contribution in [2.24, 2.45) is 11.1 Å². The second-order valence-corrected chi connectivity index (χ2v) is 6.32. The van der Waals surface area contributed by atoms with Crippen molar-refractivity contribution in [1.82, 2.24) is 14.7 Å². The molecule has 0 bridgehead atoms. The van der Waals surface area contributed by atoms with E-state index in [1.807, 2.05) is 47.5 Å². The van der Waals surface area contributed by atoms with E-state index in [0.717, 1.165) is 18.5 Å². The van der Waals surface area contributed by atoms with Gasteiger partial charge in [0.2, 0.25) is 0 Å². The Labute approximate surface area is 130 Å². The van der Waals surface area contributed by atoms with E-state index >= 15 is 0 Å². The van der Waals surface area contributed by atoms with E-state index in [1.165, 1.54) is 0 Å². The Hall–Kier alpha value is -2.14. The summed E-state index contributed by atoms with van der Waals surface area (Å²) in [6.45, 7) is 4.23. The molecule has 0 aliphatic carbocycles. The molecule has 3 rings (SSSR count). The highest BCUT2D eigenvalue weighted by Gasteiger charge is 2.38. The third kappa shape index (κ3) is 2.76. The predicted octanol–water partition coefficient (Wildman–Crippen LogP) is 1.67. The number of hydrogen-bond donors (Lipinski definition) is 1. The maximum absolute atomic E-state index is 13.1. The first-order chi connectivity index (χ1) is 10.6. The van der Waals surface area contributed by atoms with Crippen molar-refractivity contribution in [1.29, 1.82) is 0 Å². The Morgan fingerprint density at radius 1 is 1.36 bits per heavy atom. The molecule has 1 saturated heterocycles. The molecule has 0 saturated carbocycles. The quantitative estimate of drug-likeness (QED) is 0.934. The maximum Gasteiger partial charge on any atom is 0.252 e. The number of nitrogens with zero attached hydrogens (tertiary/aromatic N) is 3. The van der Waals surface area contributed by atoms with Crippen molar-refractivity contribution in [2.75, 3.05) is 19.6 Å². The lowest BCUT2D eigenvalue weighted by atomic mass is 9.90. The molecule has 2 N–H and O–H groups in total. The topological polar surface area (TPSA) is 64.2 Å². The van der Waals surface area contributed by atoms with Crippen LogP contribution in [0.4, 0.5) is 0 Å². The van der Waals surface area contributed by atoms with Gasteiger partial charge < -0.3 is 10.6 Å². The monoisotopic (exact) mass is 298 g/mol. The minimum absolute atomic E-state index is 0.0288. The second-order valence-electron chi connectivity index (χ2n) is 6.32. The molecule has 1 fully saturated rings. The summed E-state index contributed by atoms with van der Waals surface area (Å²) in [7, 11) is 0. The normalized spacial score (nSPS) is 22.7. The van der Waals surface area contributed by atoms with Crippen molar-refractivity contribution in [3.05, 3.63) is 54.4 Å². The zero-order valence-electron chi connectivity index (χ0n) is 12.9. The Balaban J connectivity index is 1.89. The van der Waals surface area contributed by atoms with Gasteiger partial charge in [0.05, 0.1) is 0 Å². The third-order valence-electron chi connectivity index (χ3n) is 4.50. The summed E-state index contributed by atoms with van der Waals surface area (Å²) in [6.07, 6.45) is 4.50. The van der Waals surface area contributed by atoms with Gasteiger partial charge in [-0.25, -0.2) is 0 Å². The van der Waals surface area contributed by atoms with Crippen LogP contribution in [0.15, 0.2) is 48.8 Å². The Bertz CT molecular complexity index is 625. The van der Waals surface area contributed by atoms with Crippen LogP contribution >= 0.6 is 0 Å². The van der Waals surface area contributed by atoms with Crippen molar-refractivity contribution in [2.45, 2.75) is 19.4 Å². The number of amides is 1. The number of nitrogens with two attached hydrogens (primary N) is 1. The molecule has 1 aliphatic heterocycles. The predicted molar refractivity (Wildman–Crippen MR) is 85.2 cm³/mol. The second kappa shape index (κ2) is 5.93. The fourth-order valence-electron chi connectivity index (χ4n) is 3.03. The molecule has 116 valence electrons. The summed E-state index contributed by atoms with van der Waals surface area (Å²) >= 11 is 0. The standard InChI is InChI=1S/C17H22N4O/c1-17(12-18)8-11-20(13-17)16(22)15(21-10-5-9-19-21)14-6-3-2-4-7-14/h2-7,9-10,15H,8,11-13,18H2,1H3. The van der Waals surface area contributed by atoms with Gasteiger partial charge in [-0.1, -0.05) is 37.3 Å². The summed E-state index contributed by atoms with van der Waals surface area (Å²) in [4.78, 5) is 15.0. The summed E-state index contributed by atoms with van der Waals surface area (Å²) in [5.41, 5.74) is 6.84. The number of benzene rings is 1. The van der Waals surface area contributed by atoms with Crippen LogP contribution in [0.25, 0.3) is 0 Å². The van der Waals surface area contributed by atoms with Gasteiger partial charge in [-0.2, -0.15) is 5.10 Å². The molecular weight excluding hydrogens is 276 g/mol. The Kier molecular flexibility index (Phi) is 3.98. The van der Waals surface area contributed by atoms with Crippen molar-refractivity contribution < 1.29 is 4.79 Å². The molecule has 5 nitrogen and oxygen atoms in total. The number of aromatic nitrogens is 2. The summed E-state index contributed by atoms with van der Waals surface area (Å²) < 4.78 is 1.73. The third-order valence-corrected chi connectivity index (χ3v) is 4.50. The van der Waals surface area contributed by atoms with E-state index in [1.54, 1.807) is 10.9 Å². The van der Waals surface area contributed by atoms with Crippen LogP contribution in [0.2, 0.25) is 0 Å². The van der Waals surface area contributed by atoms with E-state index in [2.05, 4.69) is 12.0 Å². The molecule has 0 radical (unpaired) electrons. The molecule has 0 spiro atoms. The lowest BCUT2D eigenvalue weighted by Crippen LogP contribution is -2.39. The first-order valence-corrected chi connectivity index (χ1v) is 7.66. The number of carbonyl (C=O) groups is 1. The zero-order chi connectivity index (χ0) is 15.6. The van der Waals surface area contributed by atoms with E-state index < -0.39 is 6.04 Å². The lowest BCUT2D eigenvalue weighted by Gasteiger charge is -2.26. The highest BCUT2D eigenvalue weighted by molar-refractivity contribution is 5.84. The van der Waals surface area contributed by atoms with Crippen LogP contribution in [0.1, 0.15) is 24.9 Å². The molecular formula is C17H22N4O. The average molecular weight is 298 g/mol. The molecule has 2 aromatic rings. The van der Waals surface area contributed by atoms with Crippen LogP contribution in [-0.2, 0) is 4.79 Å². The maximum atomic E-state index is 13.1. The minimum atomic E-state index is -0.406. The summed E-state index contributed by atoms with van der Waals surface area (Å²) in [5.74, 6) is 0.0899. The first-order valence-electron chi connectivity index (χ1n) is 7.66. The molecule has 2 atom stereocenters. The molecule has 1 aromatic heterocycles. The van der Waals surface area contributed by atoms with Gasteiger partial charge >= 0.3 is 0 Å². The van der Waals surface area contributed by atoms with Crippen LogP contribution < -0.4 is 5.73 Å². The molecule has 1 amide bonds. The van der Waals surface area contributed by atoms with Gasteiger partial charge in [-0.15, -0.1) is 0 Å². The van der Waals surface area contributed by atoms with Gasteiger partial charge in [0.15, 0.2) is 6.04 Å². The highest BCUT2D eigenvalue weighted by Crippen LogP contribution is 2.31. The number of likely N-dealkylation sites (tertiary alicyclic amines) is 1. The van der Waals surface area contributed by atoms with Gasteiger partial charge in [0.25, 0.3) is 5.91 Å². The van der Waals surface area contributed by atoms with E-state index in [9.17, 15) is 4.79 Å². The molecule has 22 heavy (non-hydrogen) atoms. The summed E-state index contributed by atoms with van der Waals surface area (Å²) in [6, 6.07) is 11.2. The van der Waals surface area contributed by atoms with Crippen LogP contribution in [-0.4, -0.2) is 40.2 Å². The largest absolute Gasteiger partial charge is 0.340 e. The number of hydrogen-bond acceptors (Lipinski definition) is 3. The molecule has 1 aliphatic rings. The van der Waals surface area contributed by atoms with Crippen molar-refractivity contribution >= 4 is 5.91 Å². The Morgan fingerprint density at radius 3 is 2.73 bits per heavy atom. The SMILES string of the molecule is CC1(CN)CCN(C(=O)C(c2ccccc2)n2cccn2)C1. The van der Waals surface area contributed by atoms with Gasteiger partial charge in [0.1, 0.15) is 0 Å². The lowest BCUT2D eigenvalue weighted by molar-refractivity contribution is -0.133. The molecule has 1 aromatic carbocycles. The molecule has 5 heteroatoms. The zero-order valence-corrected chi connectivity index (χ0v) is 12.9. The van der Waals surface area contributed by atoms with Crippen molar-refractivity contribution in [3.63, 3.8) is 0 Å². The number of rotatable bonds is 4. The van der Waals surface area contributed by atoms with Crippen LogP contribution in [0, 0.1) is 5.41 Å². The van der Waals surface area contributed by atoms with E-state index in [0.29, 0.717) is 13.1 Å². The van der Waals surface area contributed by atoms with Gasteiger partial charge in [-0.3, -0.25) is 9.48 Å². The minimum Gasteiger partial charge on any atom is -0.340 e. The fraction of sp³-hybridized carbons (Fsp3) is 0.412. The smallest absolute Gasteiger partial charge is 0.252 e. The van der Waals surface area contributed by atoms with Crippen LogP contribution in [0.5, 0.6) is 0 Å². The number of carbonyl (C=O) groups excluding carboxylic acids is 1. The fourth-order valence-corrected chi connectivity index (χ4v) is 3.03. The summed E-state index contributed by atoms with van der Waals surface area (Å²) in [5, 5.41) is 4.29.